The molecule has 0 aliphatic carbocycles. The van der Waals surface area contributed by atoms with Crippen LogP contribution in [-0.2, 0) is 10.0 Å². The zero-order valence-electron chi connectivity index (χ0n) is 17.6. The SMILES string of the molecule is Cc1oc2ccc(NS(C)(=O)=O)cc2c1C(=O)c1ccc(OCCCN(C)C)cc1. The van der Waals surface area contributed by atoms with Crippen molar-refractivity contribution in [2.24, 2.45) is 0 Å². The molecule has 0 saturated heterocycles. The lowest BCUT2D eigenvalue weighted by Crippen LogP contribution is -2.15. The van der Waals surface area contributed by atoms with E-state index in [-0.39, 0.29) is 5.78 Å². The first-order chi connectivity index (χ1) is 14.1. The predicted molar refractivity (Wildman–Crippen MR) is 118 cm³/mol. The van der Waals surface area contributed by atoms with Crippen molar-refractivity contribution in [1.82, 2.24) is 4.90 Å². The summed E-state index contributed by atoms with van der Waals surface area (Å²) in [5, 5.41) is 0.565. The highest BCUT2D eigenvalue weighted by molar-refractivity contribution is 7.92. The second-order valence-electron chi connectivity index (χ2n) is 7.48. The Labute approximate surface area is 176 Å². The average Bonchev–Trinajstić information content (AvgIpc) is 2.99. The molecule has 0 spiro atoms. The van der Waals surface area contributed by atoms with Gasteiger partial charge in [0.05, 0.1) is 18.4 Å². The Hall–Kier alpha value is -2.84. The normalized spacial score (nSPS) is 11.8. The van der Waals surface area contributed by atoms with Crippen LogP contribution < -0.4 is 9.46 Å². The Morgan fingerprint density at radius 2 is 1.83 bits per heavy atom. The Balaban J connectivity index is 1.82. The summed E-state index contributed by atoms with van der Waals surface area (Å²) in [5.74, 6) is 0.996. The van der Waals surface area contributed by atoms with E-state index < -0.39 is 10.0 Å². The number of nitrogens with one attached hydrogen (secondary N) is 1. The molecule has 0 saturated carbocycles. The van der Waals surface area contributed by atoms with Gasteiger partial charge >= 0.3 is 0 Å². The Morgan fingerprint density at radius 3 is 2.47 bits per heavy atom. The van der Waals surface area contributed by atoms with E-state index >= 15 is 0 Å². The minimum Gasteiger partial charge on any atom is -0.494 e. The fourth-order valence-electron chi connectivity index (χ4n) is 3.20. The van der Waals surface area contributed by atoms with Crippen molar-refractivity contribution in [3.63, 3.8) is 0 Å². The van der Waals surface area contributed by atoms with Gasteiger partial charge in [0.2, 0.25) is 10.0 Å². The molecule has 0 aliphatic rings. The van der Waals surface area contributed by atoms with Crippen LogP contribution in [0.5, 0.6) is 5.75 Å². The zero-order valence-corrected chi connectivity index (χ0v) is 18.4. The number of ether oxygens (including phenoxy) is 1. The first-order valence-electron chi connectivity index (χ1n) is 9.57. The molecule has 3 aromatic rings. The highest BCUT2D eigenvalue weighted by Crippen LogP contribution is 2.30. The molecular weight excluding hydrogens is 404 g/mol. The van der Waals surface area contributed by atoms with Crippen molar-refractivity contribution in [2.45, 2.75) is 13.3 Å². The number of benzene rings is 2. The van der Waals surface area contributed by atoms with Crippen LogP contribution in [0.3, 0.4) is 0 Å². The highest BCUT2D eigenvalue weighted by atomic mass is 32.2. The predicted octanol–water partition coefficient (Wildman–Crippen LogP) is 3.67. The van der Waals surface area contributed by atoms with Crippen LogP contribution in [0.25, 0.3) is 11.0 Å². The summed E-state index contributed by atoms with van der Waals surface area (Å²) < 4.78 is 36.9. The molecule has 0 unspecified atom stereocenters. The average molecular weight is 431 g/mol. The molecule has 0 aliphatic heterocycles. The Morgan fingerprint density at radius 1 is 1.13 bits per heavy atom. The van der Waals surface area contributed by atoms with Gasteiger partial charge in [-0.3, -0.25) is 9.52 Å². The number of furan rings is 1. The maximum absolute atomic E-state index is 13.1. The maximum atomic E-state index is 13.1. The van der Waals surface area contributed by atoms with Gasteiger partial charge in [0.1, 0.15) is 17.1 Å². The molecule has 3 rings (SSSR count). The van der Waals surface area contributed by atoms with Crippen molar-refractivity contribution in [1.29, 1.82) is 0 Å². The van der Waals surface area contributed by atoms with Crippen molar-refractivity contribution in [3.05, 3.63) is 59.4 Å². The first kappa shape index (κ1) is 21.9. The largest absolute Gasteiger partial charge is 0.494 e. The summed E-state index contributed by atoms with van der Waals surface area (Å²) in [4.78, 5) is 15.2. The number of fused-ring (bicyclic) bond motifs is 1. The van der Waals surface area contributed by atoms with Crippen molar-refractivity contribution >= 4 is 32.5 Å². The fraction of sp³-hybridized carbons (Fsp3) is 0.318. The number of ketones is 1. The third-order valence-corrected chi connectivity index (χ3v) is 5.14. The number of hydrogen-bond acceptors (Lipinski definition) is 6. The number of rotatable bonds is 9. The van der Waals surface area contributed by atoms with Crippen molar-refractivity contribution in [3.8, 4) is 5.75 Å². The molecule has 1 aromatic heterocycles. The van der Waals surface area contributed by atoms with E-state index in [4.69, 9.17) is 9.15 Å². The monoisotopic (exact) mass is 430 g/mol. The Bertz CT molecular complexity index is 1150. The number of carbonyl (C=O) groups excluding carboxylic acids is 1. The molecule has 7 nitrogen and oxygen atoms in total. The van der Waals surface area contributed by atoms with E-state index in [0.29, 0.717) is 45.9 Å². The molecular formula is C22H26N2O5S. The topological polar surface area (TPSA) is 88.8 Å². The van der Waals surface area contributed by atoms with Gasteiger partial charge in [0.15, 0.2) is 5.78 Å². The summed E-state index contributed by atoms with van der Waals surface area (Å²) in [6.45, 7) is 3.27. The quantitative estimate of drug-likeness (QED) is 0.412. The van der Waals surface area contributed by atoms with Gasteiger partial charge in [-0.15, -0.1) is 0 Å². The zero-order chi connectivity index (χ0) is 21.9. The van der Waals surface area contributed by atoms with E-state index in [1.807, 2.05) is 14.1 Å². The molecule has 160 valence electrons. The first-order valence-corrected chi connectivity index (χ1v) is 11.5. The maximum Gasteiger partial charge on any atom is 0.229 e. The molecule has 1 heterocycles. The molecule has 0 bridgehead atoms. The van der Waals surface area contributed by atoms with Crippen LogP contribution in [0.1, 0.15) is 28.1 Å². The number of carbonyl (C=O) groups is 1. The standard InChI is InChI=1S/C22H26N2O5S/c1-15-21(19-14-17(23-30(4,26)27)8-11-20(19)29-15)22(25)16-6-9-18(10-7-16)28-13-5-12-24(2)3/h6-11,14,23H,5,12-13H2,1-4H3. The van der Waals surface area contributed by atoms with Crippen LogP contribution in [0.2, 0.25) is 0 Å². The van der Waals surface area contributed by atoms with Crippen LogP contribution in [0.15, 0.2) is 46.9 Å². The summed E-state index contributed by atoms with van der Waals surface area (Å²) in [6.07, 6.45) is 1.99. The molecule has 0 radical (unpaired) electrons. The Kier molecular flexibility index (Phi) is 6.48. The van der Waals surface area contributed by atoms with Gasteiger partial charge in [-0.05, 0) is 69.9 Å². The van der Waals surface area contributed by atoms with Gasteiger partial charge in [0.25, 0.3) is 0 Å². The number of hydrogen-bond donors (Lipinski definition) is 1. The van der Waals surface area contributed by atoms with Crippen LogP contribution >= 0.6 is 0 Å². The molecule has 8 heteroatoms. The van der Waals surface area contributed by atoms with Crippen molar-refractivity contribution in [2.75, 3.05) is 38.2 Å². The number of anilines is 1. The molecule has 0 fully saturated rings. The smallest absolute Gasteiger partial charge is 0.229 e. The lowest BCUT2D eigenvalue weighted by molar-refractivity contribution is 0.103. The number of aryl methyl sites for hydroxylation is 1. The van der Waals surface area contributed by atoms with E-state index in [1.165, 1.54) is 0 Å². The lowest BCUT2D eigenvalue weighted by atomic mass is 10.00. The van der Waals surface area contributed by atoms with Gasteiger partial charge < -0.3 is 14.1 Å². The molecule has 30 heavy (non-hydrogen) atoms. The van der Waals surface area contributed by atoms with Gasteiger partial charge in [-0.25, -0.2) is 8.42 Å². The fourth-order valence-corrected chi connectivity index (χ4v) is 3.75. The van der Waals surface area contributed by atoms with E-state index in [9.17, 15) is 13.2 Å². The lowest BCUT2D eigenvalue weighted by Gasteiger charge is -2.10. The minimum atomic E-state index is -3.43. The van der Waals surface area contributed by atoms with Crippen LogP contribution in [-0.4, -0.2) is 52.6 Å². The van der Waals surface area contributed by atoms with Gasteiger partial charge in [-0.1, -0.05) is 0 Å². The molecule has 0 amide bonds. The third kappa shape index (κ3) is 5.40. The highest BCUT2D eigenvalue weighted by Gasteiger charge is 2.20. The van der Waals surface area contributed by atoms with Gasteiger partial charge in [-0.2, -0.15) is 0 Å². The second kappa shape index (κ2) is 8.89. The minimum absolute atomic E-state index is 0.193. The van der Waals surface area contributed by atoms with E-state index in [2.05, 4.69) is 9.62 Å². The van der Waals surface area contributed by atoms with Gasteiger partial charge in [0, 0.05) is 23.2 Å². The van der Waals surface area contributed by atoms with Crippen LogP contribution in [0.4, 0.5) is 5.69 Å². The third-order valence-electron chi connectivity index (χ3n) is 4.53. The van der Waals surface area contributed by atoms with Crippen molar-refractivity contribution < 1.29 is 22.4 Å². The molecule has 2 aromatic carbocycles. The molecule has 1 N–H and O–H groups in total. The second-order valence-corrected chi connectivity index (χ2v) is 9.23. The van der Waals surface area contributed by atoms with E-state index in [0.717, 1.165) is 19.2 Å². The summed E-state index contributed by atoms with van der Waals surface area (Å²) in [6, 6.07) is 11.9. The summed E-state index contributed by atoms with van der Waals surface area (Å²) >= 11 is 0. The van der Waals surface area contributed by atoms with E-state index in [1.54, 1.807) is 49.4 Å². The number of nitrogens with zero attached hydrogens (tertiary/aromatic N) is 1. The number of sulfonamides is 1. The summed E-state index contributed by atoms with van der Waals surface area (Å²) in [5.41, 5.74) is 1.82. The molecule has 0 atom stereocenters. The van der Waals surface area contributed by atoms with Crippen LogP contribution in [0, 0.1) is 6.92 Å². The summed E-state index contributed by atoms with van der Waals surface area (Å²) in [7, 11) is 0.606.